The molecule has 3 heterocycles. The molecule has 1 N–H and O–H groups in total. The molecule has 3 saturated heterocycles. The van der Waals surface area contributed by atoms with Gasteiger partial charge >= 0.3 is 5.97 Å². The third-order valence-corrected chi connectivity index (χ3v) is 4.03. The maximum absolute atomic E-state index is 11.5. The van der Waals surface area contributed by atoms with Crippen LogP contribution in [0.1, 0.15) is 26.7 Å². The van der Waals surface area contributed by atoms with E-state index in [1.165, 1.54) is 25.9 Å². The largest absolute Gasteiger partial charge is 0.466 e. The van der Waals surface area contributed by atoms with Crippen LogP contribution in [0.2, 0.25) is 0 Å². The Morgan fingerprint density at radius 1 is 1.47 bits per heavy atom. The minimum absolute atomic E-state index is 0.0367. The number of piperidine rings is 3. The average Bonchev–Trinajstić information content (AvgIpc) is 2.37. The molecule has 17 heavy (non-hydrogen) atoms. The number of hydrogen-bond donors (Lipinski definition) is 1. The quantitative estimate of drug-likeness (QED) is 0.724. The van der Waals surface area contributed by atoms with Crippen LogP contribution in [0.3, 0.4) is 0 Å². The average molecular weight is 240 g/mol. The van der Waals surface area contributed by atoms with Gasteiger partial charge in [-0.3, -0.25) is 4.79 Å². The van der Waals surface area contributed by atoms with Crippen molar-refractivity contribution in [2.24, 2.45) is 11.8 Å². The van der Waals surface area contributed by atoms with Crippen LogP contribution in [0.5, 0.6) is 0 Å². The predicted molar refractivity (Wildman–Crippen MR) is 66.8 cm³/mol. The van der Waals surface area contributed by atoms with Crippen LogP contribution in [-0.2, 0) is 9.53 Å². The van der Waals surface area contributed by atoms with E-state index in [9.17, 15) is 4.79 Å². The summed E-state index contributed by atoms with van der Waals surface area (Å²) < 4.78 is 5.02. The van der Waals surface area contributed by atoms with Crippen molar-refractivity contribution in [1.29, 1.82) is 0 Å². The molecule has 2 atom stereocenters. The second-order valence-corrected chi connectivity index (χ2v) is 5.31. The molecule has 0 amide bonds. The molecule has 0 saturated carbocycles. The maximum atomic E-state index is 11.5. The van der Waals surface area contributed by atoms with E-state index in [-0.39, 0.29) is 11.9 Å². The Kier molecular flexibility index (Phi) is 4.40. The first-order chi connectivity index (χ1) is 8.20. The monoisotopic (exact) mass is 240 g/mol. The number of carbonyl (C=O) groups is 1. The number of fused-ring (bicyclic) bond motifs is 3. The van der Waals surface area contributed by atoms with E-state index in [0.717, 1.165) is 19.0 Å². The third-order valence-electron chi connectivity index (χ3n) is 4.03. The van der Waals surface area contributed by atoms with Crippen molar-refractivity contribution < 1.29 is 9.53 Å². The Hall–Kier alpha value is -0.610. The molecule has 2 bridgehead atoms. The van der Waals surface area contributed by atoms with Crippen molar-refractivity contribution in [3.05, 3.63) is 0 Å². The van der Waals surface area contributed by atoms with Crippen LogP contribution in [0.25, 0.3) is 0 Å². The van der Waals surface area contributed by atoms with Gasteiger partial charge in [-0.15, -0.1) is 0 Å². The number of nitrogens with zero attached hydrogens (tertiary/aromatic N) is 1. The normalized spacial score (nSPS) is 33.4. The highest BCUT2D eigenvalue weighted by Crippen LogP contribution is 2.27. The maximum Gasteiger partial charge on any atom is 0.309 e. The molecule has 0 spiro atoms. The van der Waals surface area contributed by atoms with Gasteiger partial charge in [-0.25, -0.2) is 0 Å². The summed E-state index contributed by atoms with van der Waals surface area (Å²) in [7, 11) is 0. The molecule has 0 aromatic rings. The Morgan fingerprint density at radius 3 is 2.71 bits per heavy atom. The molecule has 2 unspecified atom stereocenters. The summed E-state index contributed by atoms with van der Waals surface area (Å²) in [5.74, 6) is 0.695. The minimum atomic E-state index is -0.0822. The molecule has 3 fully saturated rings. The van der Waals surface area contributed by atoms with Crippen molar-refractivity contribution in [3.63, 3.8) is 0 Å². The van der Waals surface area contributed by atoms with E-state index >= 15 is 0 Å². The van der Waals surface area contributed by atoms with Gasteiger partial charge in [-0.05, 0) is 38.8 Å². The van der Waals surface area contributed by atoms with Crippen LogP contribution in [0.15, 0.2) is 0 Å². The topological polar surface area (TPSA) is 41.6 Å². The lowest BCUT2D eigenvalue weighted by Gasteiger charge is -2.45. The minimum Gasteiger partial charge on any atom is -0.466 e. The van der Waals surface area contributed by atoms with Crippen LogP contribution < -0.4 is 5.32 Å². The second-order valence-electron chi connectivity index (χ2n) is 5.31. The van der Waals surface area contributed by atoms with Gasteiger partial charge in [-0.1, -0.05) is 6.92 Å². The molecule has 4 heteroatoms. The van der Waals surface area contributed by atoms with Crippen LogP contribution in [0, 0.1) is 11.8 Å². The van der Waals surface area contributed by atoms with Crippen molar-refractivity contribution >= 4 is 5.97 Å². The van der Waals surface area contributed by atoms with Crippen molar-refractivity contribution in [2.45, 2.75) is 32.7 Å². The van der Waals surface area contributed by atoms with Crippen LogP contribution >= 0.6 is 0 Å². The molecule has 4 nitrogen and oxygen atoms in total. The molecular formula is C13H24N2O2. The Labute approximate surface area is 104 Å². The van der Waals surface area contributed by atoms with Gasteiger partial charge in [0.1, 0.15) is 0 Å². The number of nitrogens with one attached hydrogen (secondary N) is 1. The van der Waals surface area contributed by atoms with Gasteiger partial charge in [0.25, 0.3) is 0 Å². The molecule has 98 valence electrons. The smallest absolute Gasteiger partial charge is 0.309 e. The summed E-state index contributed by atoms with van der Waals surface area (Å²) in [6, 6.07) is 0.578. The van der Waals surface area contributed by atoms with Crippen molar-refractivity contribution in [3.8, 4) is 0 Å². The predicted octanol–water partition coefficient (Wildman–Crippen LogP) is 0.869. The Morgan fingerprint density at radius 2 is 2.18 bits per heavy atom. The summed E-state index contributed by atoms with van der Waals surface area (Å²) in [4.78, 5) is 14.0. The second kappa shape index (κ2) is 5.83. The fourth-order valence-electron chi connectivity index (χ4n) is 2.89. The summed E-state index contributed by atoms with van der Waals surface area (Å²) >= 11 is 0. The molecule has 3 aliphatic heterocycles. The lowest BCUT2D eigenvalue weighted by atomic mass is 9.84. The van der Waals surface area contributed by atoms with Crippen LogP contribution in [-0.4, -0.2) is 49.7 Å². The van der Waals surface area contributed by atoms with E-state index in [0.29, 0.717) is 12.6 Å². The zero-order valence-electron chi connectivity index (χ0n) is 10.9. The van der Waals surface area contributed by atoms with E-state index in [1.807, 2.05) is 13.8 Å². The van der Waals surface area contributed by atoms with Gasteiger partial charge < -0.3 is 15.0 Å². The third kappa shape index (κ3) is 3.19. The molecular weight excluding hydrogens is 216 g/mol. The highest BCUT2D eigenvalue weighted by Gasteiger charge is 2.34. The zero-order chi connectivity index (χ0) is 12.3. The molecule has 0 radical (unpaired) electrons. The number of esters is 1. The first-order valence-electron chi connectivity index (χ1n) is 6.83. The molecule has 0 aromatic heterocycles. The fraction of sp³-hybridized carbons (Fsp3) is 0.923. The van der Waals surface area contributed by atoms with Gasteiger partial charge in [0.05, 0.1) is 12.5 Å². The summed E-state index contributed by atoms with van der Waals surface area (Å²) in [6.45, 7) is 8.68. The summed E-state index contributed by atoms with van der Waals surface area (Å²) in [5, 5.41) is 3.55. The zero-order valence-corrected chi connectivity index (χ0v) is 10.9. The number of hydrogen-bond acceptors (Lipinski definition) is 4. The molecule has 3 aliphatic rings. The van der Waals surface area contributed by atoms with Gasteiger partial charge in [0.15, 0.2) is 0 Å². The molecule has 0 aliphatic carbocycles. The first kappa shape index (κ1) is 12.8. The fourth-order valence-corrected chi connectivity index (χ4v) is 2.89. The summed E-state index contributed by atoms with van der Waals surface area (Å²) in [6.07, 6.45) is 2.62. The molecule has 0 aromatic carbocycles. The van der Waals surface area contributed by atoms with E-state index in [1.54, 1.807) is 0 Å². The highest BCUT2D eigenvalue weighted by molar-refractivity contribution is 5.72. The van der Waals surface area contributed by atoms with Gasteiger partial charge in [0.2, 0.25) is 0 Å². The summed E-state index contributed by atoms with van der Waals surface area (Å²) in [5.41, 5.74) is 0. The van der Waals surface area contributed by atoms with E-state index in [4.69, 9.17) is 4.74 Å². The van der Waals surface area contributed by atoms with E-state index in [2.05, 4.69) is 10.2 Å². The Balaban J connectivity index is 1.73. The lowest BCUT2D eigenvalue weighted by molar-refractivity contribution is -0.147. The number of rotatable bonds is 5. The van der Waals surface area contributed by atoms with Gasteiger partial charge in [0, 0.05) is 19.1 Å². The lowest BCUT2D eigenvalue weighted by Crippen LogP contribution is -2.56. The first-order valence-corrected chi connectivity index (χ1v) is 6.83. The standard InChI is InChI=1S/C13H24N2O2/c1-3-17-13(16)10(2)8-14-12-9-15-6-4-11(12)5-7-15/h10-12,14H,3-9H2,1-2H3. The molecule has 3 rings (SSSR count). The SMILES string of the molecule is CCOC(=O)C(C)CNC1CN2CCC1CC2. The highest BCUT2D eigenvalue weighted by atomic mass is 16.5. The Bertz CT molecular complexity index is 262. The van der Waals surface area contributed by atoms with Crippen molar-refractivity contribution in [1.82, 2.24) is 10.2 Å². The van der Waals surface area contributed by atoms with Crippen molar-refractivity contribution in [2.75, 3.05) is 32.8 Å². The van der Waals surface area contributed by atoms with Gasteiger partial charge in [-0.2, -0.15) is 0 Å². The number of ether oxygens (including phenoxy) is 1. The van der Waals surface area contributed by atoms with Crippen LogP contribution in [0.4, 0.5) is 0 Å². The van der Waals surface area contributed by atoms with E-state index < -0.39 is 0 Å². The number of carbonyl (C=O) groups excluding carboxylic acids is 1.